The van der Waals surface area contributed by atoms with Gasteiger partial charge in [-0.15, -0.1) is 0 Å². The van der Waals surface area contributed by atoms with Gasteiger partial charge in [-0.3, -0.25) is 19.2 Å². The zero-order valence-electron chi connectivity index (χ0n) is 33.9. The topological polar surface area (TPSA) is 203 Å². The van der Waals surface area contributed by atoms with Gasteiger partial charge < -0.3 is 25.0 Å². The van der Waals surface area contributed by atoms with Gasteiger partial charge in [-0.05, 0) is 72.6 Å². The van der Waals surface area contributed by atoms with Gasteiger partial charge >= 0.3 is 6.18 Å². The standard InChI is InChI=1S/C44H42F4N6O8S/c1-43(59,39(55)25-29-6-8-30(26-49)36(23-29)44(46,47)48)27-63(60,61)32-11-9-31(10-12-32)50-15-21-62-20-14-40(56)53-16-18-54(19-17-53)42(58)35-22-28(7-13-37(35)45)24-38-33-4-2-3-5-34(33)41(57)52-51-38/h2-13,22-23,50,59H,14-21,24-25,27H2,1H3,(H,52,57)/t43-/m0/s1. The first-order valence-electron chi connectivity index (χ1n) is 19.7. The zero-order valence-corrected chi connectivity index (χ0v) is 34.7. The number of sulfone groups is 1. The third-order valence-electron chi connectivity index (χ3n) is 10.5. The Bertz CT molecular complexity index is 2730. The summed E-state index contributed by atoms with van der Waals surface area (Å²) in [6.07, 6.45) is -5.22. The van der Waals surface area contributed by atoms with Crippen LogP contribution in [0, 0.1) is 17.1 Å². The van der Waals surface area contributed by atoms with Gasteiger partial charge in [-0.2, -0.15) is 23.5 Å². The average molecular weight is 891 g/mol. The number of nitrogens with zero attached hydrogens (tertiary/aromatic N) is 4. The van der Waals surface area contributed by atoms with Gasteiger partial charge in [0.25, 0.3) is 11.5 Å². The van der Waals surface area contributed by atoms with Crippen LogP contribution in [0.15, 0.2) is 94.6 Å². The van der Waals surface area contributed by atoms with Gasteiger partial charge in [0, 0.05) is 56.6 Å². The number of benzene rings is 4. The number of aliphatic hydroxyl groups is 1. The number of hydrogen-bond donors (Lipinski definition) is 3. The van der Waals surface area contributed by atoms with Crippen LogP contribution < -0.4 is 10.9 Å². The molecule has 0 aliphatic carbocycles. The molecule has 0 unspecified atom stereocenters. The maximum absolute atomic E-state index is 14.9. The minimum Gasteiger partial charge on any atom is -0.383 e. The summed E-state index contributed by atoms with van der Waals surface area (Å²) in [6, 6.07) is 20.8. The van der Waals surface area contributed by atoms with E-state index in [0.717, 1.165) is 19.1 Å². The Hall–Kier alpha value is -6.49. The van der Waals surface area contributed by atoms with Crippen molar-refractivity contribution < 1.29 is 50.2 Å². The Morgan fingerprint density at radius 1 is 0.921 bits per heavy atom. The number of halogens is 4. The predicted molar refractivity (Wildman–Crippen MR) is 222 cm³/mol. The lowest BCUT2D eigenvalue weighted by Crippen LogP contribution is -2.50. The largest absolute Gasteiger partial charge is 0.417 e. The number of aromatic amines is 1. The Morgan fingerprint density at radius 3 is 2.27 bits per heavy atom. The van der Waals surface area contributed by atoms with Gasteiger partial charge in [0.2, 0.25) is 5.91 Å². The third-order valence-corrected chi connectivity index (χ3v) is 12.5. The molecule has 14 nitrogen and oxygen atoms in total. The van der Waals surface area contributed by atoms with Crippen molar-refractivity contribution in [1.29, 1.82) is 5.26 Å². The highest BCUT2D eigenvalue weighted by molar-refractivity contribution is 7.91. The molecule has 0 bridgehead atoms. The maximum Gasteiger partial charge on any atom is 0.417 e. The molecule has 1 saturated heterocycles. The van der Waals surface area contributed by atoms with Crippen LogP contribution in [0.5, 0.6) is 0 Å². The van der Waals surface area contributed by atoms with Crippen LogP contribution in [0.25, 0.3) is 10.8 Å². The number of ketones is 1. The lowest BCUT2D eigenvalue weighted by molar-refractivity contribution is -0.138. The van der Waals surface area contributed by atoms with Crippen molar-refractivity contribution in [2.75, 3.05) is 57.0 Å². The molecule has 2 amide bonds. The number of fused-ring (bicyclic) bond motifs is 1. The van der Waals surface area contributed by atoms with Crippen molar-refractivity contribution in [3.8, 4) is 6.07 Å². The number of nitrogens with one attached hydrogen (secondary N) is 2. The van der Waals surface area contributed by atoms with Crippen LogP contribution in [0.4, 0.5) is 23.2 Å². The van der Waals surface area contributed by atoms with E-state index >= 15 is 0 Å². The van der Waals surface area contributed by atoms with Crippen LogP contribution in [-0.4, -0.2) is 108 Å². The molecule has 5 aromatic rings. The molecule has 1 aliphatic heterocycles. The van der Waals surface area contributed by atoms with E-state index in [2.05, 4.69) is 15.5 Å². The van der Waals surface area contributed by atoms with E-state index in [1.807, 2.05) is 0 Å². The normalized spacial score (nSPS) is 14.2. The summed E-state index contributed by atoms with van der Waals surface area (Å²) in [5.41, 5.74) is -3.16. The van der Waals surface area contributed by atoms with Gasteiger partial charge in [-0.1, -0.05) is 30.3 Å². The Morgan fingerprint density at radius 2 is 1.59 bits per heavy atom. The highest BCUT2D eigenvalue weighted by Crippen LogP contribution is 2.33. The Labute approximate surface area is 359 Å². The van der Waals surface area contributed by atoms with Gasteiger partial charge in [0.1, 0.15) is 11.4 Å². The van der Waals surface area contributed by atoms with Crippen LogP contribution in [0.2, 0.25) is 0 Å². The lowest BCUT2D eigenvalue weighted by atomic mass is 9.94. The van der Waals surface area contributed by atoms with E-state index in [4.69, 9.17) is 10.00 Å². The van der Waals surface area contributed by atoms with E-state index in [-0.39, 0.29) is 79.7 Å². The van der Waals surface area contributed by atoms with Crippen LogP contribution in [-0.2, 0) is 43.2 Å². The second kappa shape index (κ2) is 19.3. The molecular weight excluding hydrogens is 849 g/mol. The summed E-state index contributed by atoms with van der Waals surface area (Å²) in [5.74, 6) is -3.40. The van der Waals surface area contributed by atoms with E-state index in [9.17, 15) is 50.3 Å². The van der Waals surface area contributed by atoms with Crippen molar-refractivity contribution >= 4 is 43.9 Å². The van der Waals surface area contributed by atoms with Crippen molar-refractivity contribution in [1.82, 2.24) is 20.0 Å². The smallest absolute Gasteiger partial charge is 0.383 e. The number of hydrogen-bond acceptors (Lipinski definition) is 11. The minimum absolute atomic E-state index is 0.0823. The number of piperazine rings is 1. The first-order valence-corrected chi connectivity index (χ1v) is 21.3. The number of carbonyl (C=O) groups excluding carboxylic acids is 3. The van der Waals surface area contributed by atoms with Gasteiger partial charge in [0.05, 0.1) is 64.1 Å². The molecule has 2 heterocycles. The molecule has 1 fully saturated rings. The fourth-order valence-corrected chi connectivity index (χ4v) is 8.70. The number of nitriles is 1. The summed E-state index contributed by atoms with van der Waals surface area (Å²) < 4.78 is 86.8. The Kier molecular flexibility index (Phi) is 14.1. The van der Waals surface area contributed by atoms with E-state index < -0.39 is 62.4 Å². The number of ether oxygens (including phenoxy) is 1. The molecule has 1 aliphatic rings. The molecule has 330 valence electrons. The molecule has 6 rings (SSSR count). The van der Waals surface area contributed by atoms with Crippen molar-refractivity contribution in [2.45, 2.75) is 42.9 Å². The summed E-state index contributed by atoms with van der Waals surface area (Å²) in [7, 11) is -4.23. The first-order chi connectivity index (χ1) is 29.9. The highest BCUT2D eigenvalue weighted by atomic mass is 32.2. The molecule has 0 spiro atoms. The summed E-state index contributed by atoms with van der Waals surface area (Å²) in [6.45, 7) is 2.50. The fourth-order valence-electron chi connectivity index (χ4n) is 7.09. The van der Waals surface area contributed by atoms with E-state index in [0.29, 0.717) is 40.3 Å². The number of Topliss-reactive ketones (excluding diaryl/α,β-unsaturated/α-hetero) is 1. The molecule has 63 heavy (non-hydrogen) atoms. The minimum atomic E-state index is -4.86. The van der Waals surface area contributed by atoms with Crippen LogP contribution in [0.3, 0.4) is 0 Å². The van der Waals surface area contributed by atoms with Gasteiger partial charge in [-0.25, -0.2) is 17.9 Å². The van der Waals surface area contributed by atoms with Crippen molar-refractivity contribution in [2.24, 2.45) is 0 Å². The maximum atomic E-state index is 14.9. The third kappa shape index (κ3) is 11.3. The molecule has 4 aromatic carbocycles. The predicted octanol–water partition coefficient (Wildman–Crippen LogP) is 4.68. The van der Waals surface area contributed by atoms with Crippen molar-refractivity contribution in [3.63, 3.8) is 0 Å². The number of H-pyrrole nitrogens is 1. The van der Waals surface area contributed by atoms with Crippen LogP contribution in [0.1, 0.15) is 51.7 Å². The highest BCUT2D eigenvalue weighted by Gasteiger charge is 2.38. The summed E-state index contributed by atoms with van der Waals surface area (Å²) in [4.78, 5) is 54.2. The number of alkyl halides is 3. The van der Waals surface area contributed by atoms with E-state index in [1.165, 1.54) is 47.4 Å². The number of aromatic nitrogens is 2. The second-order valence-electron chi connectivity index (χ2n) is 15.1. The molecule has 0 radical (unpaired) electrons. The number of rotatable bonds is 16. The molecule has 1 atom stereocenters. The van der Waals surface area contributed by atoms with Crippen LogP contribution >= 0.6 is 0 Å². The molecular formula is C44H42F4N6O8S. The van der Waals surface area contributed by atoms with Crippen molar-refractivity contribution in [3.05, 3.63) is 135 Å². The lowest BCUT2D eigenvalue weighted by Gasteiger charge is -2.35. The molecule has 3 N–H and O–H groups in total. The number of amides is 2. The summed E-state index contributed by atoms with van der Waals surface area (Å²) >= 11 is 0. The monoisotopic (exact) mass is 890 g/mol. The Balaban J connectivity index is 0.905. The molecule has 0 saturated carbocycles. The first kappa shape index (κ1) is 46.0. The molecule has 1 aromatic heterocycles. The SMILES string of the molecule is C[C@](O)(CS(=O)(=O)c1ccc(NCCOCCC(=O)N2CCN(C(=O)c3cc(Cc4n[nH]c(=O)c5ccccc45)ccc3F)CC2)cc1)C(=O)Cc1ccc(C#N)c(C(F)(F)F)c1. The number of anilines is 1. The van der Waals surface area contributed by atoms with Gasteiger partial charge in [0.15, 0.2) is 15.6 Å². The summed E-state index contributed by atoms with van der Waals surface area (Å²) in [5, 5.41) is 30.6. The molecule has 19 heteroatoms. The second-order valence-corrected chi connectivity index (χ2v) is 17.1. The number of carbonyl (C=O) groups is 3. The fraction of sp³-hybridized carbons (Fsp3) is 0.318. The quantitative estimate of drug-likeness (QED) is 0.0917. The average Bonchev–Trinajstić information content (AvgIpc) is 3.25. The zero-order chi connectivity index (χ0) is 45.5. The van der Waals surface area contributed by atoms with E-state index in [1.54, 1.807) is 35.2 Å².